The second-order valence-corrected chi connectivity index (χ2v) is 8.54. The number of allylic oxidation sites excluding steroid dienone is 3. The average Bonchev–Trinajstić information content (AvgIpc) is 3.58. The molecule has 5 rings (SSSR count). The van der Waals surface area contributed by atoms with Crippen LogP contribution in [0, 0.1) is 10.8 Å². The summed E-state index contributed by atoms with van der Waals surface area (Å²) in [6, 6.07) is 13.9. The van der Waals surface area contributed by atoms with Crippen LogP contribution in [0.4, 0.5) is 5.69 Å². The largest absolute Gasteiger partial charge is 0.294 e. The molecule has 0 radical (unpaired) electrons. The third-order valence-electron chi connectivity index (χ3n) is 6.55. The van der Waals surface area contributed by atoms with Crippen molar-refractivity contribution in [2.75, 3.05) is 0 Å². The average molecular weight is 384 g/mol. The number of carbonyl (C=O) groups excluding carboxylic acids is 1. The highest BCUT2D eigenvalue weighted by molar-refractivity contribution is 5.99. The molecule has 0 fully saturated rings. The van der Waals surface area contributed by atoms with Crippen LogP contribution in [0.25, 0.3) is 0 Å². The van der Waals surface area contributed by atoms with Crippen molar-refractivity contribution in [3.8, 4) is 0 Å². The van der Waals surface area contributed by atoms with Gasteiger partial charge in [-0.1, -0.05) is 42.5 Å². The molecule has 3 nitrogen and oxygen atoms in total. The molecule has 146 valence electrons. The Balaban J connectivity index is 1.24. The minimum absolute atomic E-state index is 0.114. The molecule has 3 unspecified atom stereocenters. The van der Waals surface area contributed by atoms with Crippen molar-refractivity contribution in [3.05, 3.63) is 93.9 Å². The van der Waals surface area contributed by atoms with Gasteiger partial charge in [-0.05, 0) is 60.9 Å². The zero-order chi connectivity index (χ0) is 19.8. The number of nitrogens with zero attached hydrogens (tertiary/aromatic N) is 1. The number of fused-ring (bicyclic) bond motifs is 1. The highest BCUT2D eigenvalue weighted by atomic mass is 16.3. The SMILES string of the molecule is O=C(c1ccc2c(c1)C2)C1C=CC([N+](=O)c2ccc(C3C=CCCC3)cc2)CC1. The van der Waals surface area contributed by atoms with Crippen molar-refractivity contribution < 1.29 is 9.55 Å². The van der Waals surface area contributed by atoms with E-state index in [0.29, 0.717) is 18.0 Å². The summed E-state index contributed by atoms with van der Waals surface area (Å²) in [5.41, 5.74) is 5.44. The second kappa shape index (κ2) is 7.55. The predicted octanol–water partition coefficient (Wildman–Crippen LogP) is 6.04. The molecule has 0 spiro atoms. The van der Waals surface area contributed by atoms with Gasteiger partial charge in [0.1, 0.15) is 0 Å². The van der Waals surface area contributed by atoms with Crippen LogP contribution in [0.15, 0.2) is 66.8 Å². The molecule has 0 heterocycles. The Morgan fingerprint density at radius 3 is 2.45 bits per heavy atom. The lowest BCUT2D eigenvalue weighted by Crippen LogP contribution is -2.25. The summed E-state index contributed by atoms with van der Waals surface area (Å²) >= 11 is 0. The number of carbonyl (C=O) groups is 1. The maximum Gasteiger partial charge on any atom is 0.256 e. The normalized spacial score (nSPS) is 24.8. The van der Waals surface area contributed by atoms with Crippen molar-refractivity contribution in [3.63, 3.8) is 0 Å². The molecule has 0 aromatic heterocycles. The first-order valence-electron chi connectivity index (χ1n) is 10.8. The Hall–Kier alpha value is -2.81. The Bertz CT molecular complexity index is 1020. The van der Waals surface area contributed by atoms with Gasteiger partial charge in [0.05, 0.1) is 0 Å². The third kappa shape index (κ3) is 3.74. The molecule has 0 N–H and O–H groups in total. The Morgan fingerprint density at radius 2 is 1.76 bits per heavy atom. The van der Waals surface area contributed by atoms with Crippen LogP contribution in [-0.2, 0) is 6.42 Å². The molecule has 0 bridgehead atoms. The second-order valence-electron chi connectivity index (χ2n) is 8.54. The fraction of sp³-hybridized carbons (Fsp3) is 0.346. The van der Waals surface area contributed by atoms with E-state index < -0.39 is 0 Å². The quantitative estimate of drug-likeness (QED) is 0.305. The minimum atomic E-state index is -0.201. The van der Waals surface area contributed by atoms with Gasteiger partial charge in [-0.25, -0.2) is 0 Å². The van der Waals surface area contributed by atoms with E-state index in [1.54, 1.807) is 0 Å². The number of Topliss-reactive ketones (excluding diaryl/α,β-unsaturated/α-hetero) is 1. The van der Waals surface area contributed by atoms with E-state index in [2.05, 4.69) is 30.4 Å². The smallest absolute Gasteiger partial charge is 0.256 e. The van der Waals surface area contributed by atoms with Crippen LogP contribution >= 0.6 is 0 Å². The molecule has 0 saturated carbocycles. The highest BCUT2D eigenvalue weighted by Gasteiger charge is 2.32. The van der Waals surface area contributed by atoms with Gasteiger partial charge in [-0.2, -0.15) is 0 Å². The molecule has 0 amide bonds. The summed E-state index contributed by atoms with van der Waals surface area (Å²) in [5, 5.41) is 0. The van der Waals surface area contributed by atoms with Crippen molar-refractivity contribution in [1.29, 1.82) is 0 Å². The number of ketones is 1. The fourth-order valence-corrected chi connectivity index (χ4v) is 4.63. The van der Waals surface area contributed by atoms with E-state index in [4.69, 9.17) is 0 Å². The number of hydrogen-bond acceptors (Lipinski definition) is 2. The molecule has 0 saturated heterocycles. The highest BCUT2D eigenvalue weighted by Crippen LogP contribution is 2.32. The zero-order valence-corrected chi connectivity index (χ0v) is 16.6. The molecule has 29 heavy (non-hydrogen) atoms. The molecule has 3 atom stereocenters. The number of benzene rings is 2. The summed E-state index contributed by atoms with van der Waals surface area (Å²) in [6.45, 7) is 0. The lowest BCUT2D eigenvalue weighted by molar-refractivity contribution is -0.494. The monoisotopic (exact) mass is 384 g/mol. The van der Waals surface area contributed by atoms with Crippen molar-refractivity contribution in [2.24, 2.45) is 5.92 Å². The maximum absolute atomic E-state index is 12.9. The van der Waals surface area contributed by atoms with Crippen LogP contribution in [0.1, 0.15) is 65.1 Å². The van der Waals surface area contributed by atoms with Crippen LogP contribution in [0.2, 0.25) is 0 Å². The third-order valence-corrected chi connectivity index (χ3v) is 6.55. The maximum atomic E-state index is 12.9. The first-order valence-corrected chi connectivity index (χ1v) is 10.8. The van der Waals surface area contributed by atoms with Crippen molar-refractivity contribution >= 4 is 11.5 Å². The Morgan fingerprint density at radius 1 is 0.897 bits per heavy atom. The topological polar surface area (TPSA) is 37.1 Å². The summed E-state index contributed by atoms with van der Waals surface area (Å²) < 4.78 is 1.10. The summed E-state index contributed by atoms with van der Waals surface area (Å²) in [6.07, 6.45) is 14.4. The predicted molar refractivity (Wildman–Crippen MR) is 115 cm³/mol. The van der Waals surface area contributed by atoms with Crippen LogP contribution in [-0.4, -0.2) is 16.6 Å². The van der Waals surface area contributed by atoms with E-state index in [1.165, 1.54) is 36.0 Å². The van der Waals surface area contributed by atoms with E-state index in [1.807, 2.05) is 36.4 Å². The first kappa shape index (κ1) is 18.2. The van der Waals surface area contributed by atoms with Gasteiger partial charge in [-0.15, -0.1) is 0 Å². The zero-order valence-electron chi connectivity index (χ0n) is 16.6. The van der Waals surface area contributed by atoms with Gasteiger partial charge >= 0.3 is 0 Å². The van der Waals surface area contributed by atoms with Gasteiger partial charge in [0, 0.05) is 45.6 Å². The van der Waals surface area contributed by atoms with Gasteiger partial charge in [0.2, 0.25) is 6.04 Å². The number of nitroso groups, excluding NO2 is 1. The first-order chi connectivity index (χ1) is 14.2. The molecule has 3 heteroatoms. The van der Waals surface area contributed by atoms with Crippen LogP contribution < -0.4 is 0 Å². The van der Waals surface area contributed by atoms with E-state index in [0.717, 1.165) is 23.2 Å². The molecule has 3 aliphatic carbocycles. The summed E-state index contributed by atoms with van der Waals surface area (Å²) in [4.78, 5) is 25.6. The lowest BCUT2D eigenvalue weighted by Gasteiger charge is -2.18. The molecule has 2 aromatic carbocycles. The van der Waals surface area contributed by atoms with E-state index in [9.17, 15) is 9.70 Å². The molecule has 3 aliphatic rings. The van der Waals surface area contributed by atoms with Gasteiger partial charge in [0.25, 0.3) is 5.69 Å². The number of rotatable bonds is 5. The van der Waals surface area contributed by atoms with Crippen molar-refractivity contribution in [2.45, 2.75) is 50.5 Å². The minimum Gasteiger partial charge on any atom is -0.294 e. The molecule has 2 aromatic rings. The fourth-order valence-electron chi connectivity index (χ4n) is 4.63. The Labute approximate surface area is 171 Å². The van der Waals surface area contributed by atoms with E-state index in [-0.39, 0.29) is 17.7 Å². The van der Waals surface area contributed by atoms with Gasteiger partial charge < -0.3 is 0 Å². The molecule has 0 aliphatic heterocycles. The van der Waals surface area contributed by atoms with Gasteiger partial charge in [-0.3, -0.25) is 4.79 Å². The van der Waals surface area contributed by atoms with Crippen molar-refractivity contribution in [1.82, 2.24) is 0 Å². The van der Waals surface area contributed by atoms with Crippen LogP contribution in [0.5, 0.6) is 0 Å². The summed E-state index contributed by atoms with van der Waals surface area (Å²) in [7, 11) is 0. The lowest BCUT2D eigenvalue weighted by atomic mass is 9.86. The van der Waals surface area contributed by atoms with Crippen LogP contribution in [0.3, 0.4) is 0 Å². The standard InChI is InChI=1S/C26H26NO2/c28-26(22-7-6-21-16-23(21)17-22)20-10-14-25(15-11-20)27(29)24-12-8-19(9-13-24)18-4-2-1-3-5-18/h2,4,6-10,12-14,17-18,20,25H,1,3,5,11,15-16H2/q+1. The number of hydrogen-bond donors (Lipinski definition) is 0. The summed E-state index contributed by atoms with van der Waals surface area (Å²) in [5.74, 6) is 0.540. The molecular formula is C26H26NO2+. The molecular weight excluding hydrogens is 358 g/mol. The van der Waals surface area contributed by atoms with E-state index >= 15 is 0 Å². The van der Waals surface area contributed by atoms with Gasteiger partial charge in [0.15, 0.2) is 5.78 Å². The Kier molecular flexibility index (Phi) is 4.75.